The van der Waals surface area contributed by atoms with Gasteiger partial charge in [-0.15, -0.1) is 0 Å². The summed E-state index contributed by atoms with van der Waals surface area (Å²) >= 11 is 6.13. The van der Waals surface area contributed by atoms with E-state index in [1.165, 1.54) is 19.5 Å². The van der Waals surface area contributed by atoms with E-state index in [4.69, 9.17) is 11.6 Å². The van der Waals surface area contributed by atoms with Gasteiger partial charge in [-0.05, 0) is 69.6 Å². The summed E-state index contributed by atoms with van der Waals surface area (Å²) in [6, 6.07) is 4.62. The SMILES string of the molecule is Cc1c(Cl)cccc1S(=O)(=O)N(C)C(C)(C)C(=O)NC1C(CO)CC2CCCC1C2. The van der Waals surface area contributed by atoms with Gasteiger partial charge >= 0.3 is 0 Å². The fraction of sp³-hybridized carbons (Fsp3) is 0.682. The fourth-order valence-corrected chi connectivity index (χ4v) is 7.00. The van der Waals surface area contributed by atoms with Crippen molar-refractivity contribution in [3.05, 3.63) is 28.8 Å². The highest BCUT2D eigenvalue weighted by molar-refractivity contribution is 7.89. The third-order valence-electron chi connectivity index (χ3n) is 7.21. The number of rotatable bonds is 6. The molecule has 0 aliphatic heterocycles. The van der Waals surface area contributed by atoms with E-state index in [2.05, 4.69) is 5.32 Å². The van der Waals surface area contributed by atoms with Crippen LogP contribution in [-0.2, 0) is 14.8 Å². The Balaban J connectivity index is 1.83. The Hall–Kier alpha value is -1.15. The van der Waals surface area contributed by atoms with Crippen molar-refractivity contribution < 1.29 is 18.3 Å². The van der Waals surface area contributed by atoms with Crippen molar-refractivity contribution in [1.29, 1.82) is 0 Å². The van der Waals surface area contributed by atoms with Crippen molar-refractivity contribution in [2.75, 3.05) is 13.7 Å². The Kier molecular flexibility index (Phi) is 6.87. The second-order valence-corrected chi connectivity index (χ2v) is 11.7. The third-order valence-corrected chi connectivity index (χ3v) is 9.79. The highest BCUT2D eigenvalue weighted by Crippen LogP contribution is 2.43. The van der Waals surface area contributed by atoms with Crippen molar-refractivity contribution >= 4 is 27.5 Å². The van der Waals surface area contributed by atoms with Crippen LogP contribution in [0.5, 0.6) is 0 Å². The number of aliphatic hydroxyl groups is 1. The van der Waals surface area contributed by atoms with Crippen LogP contribution in [0.15, 0.2) is 23.1 Å². The first kappa shape index (κ1) is 23.5. The highest BCUT2D eigenvalue weighted by atomic mass is 35.5. The number of carbonyl (C=O) groups excluding carboxylic acids is 1. The Morgan fingerprint density at radius 1 is 1.30 bits per heavy atom. The van der Waals surface area contributed by atoms with E-state index in [-0.39, 0.29) is 29.4 Å². The van der Waals surface area contributed by atoms with Crippen molar-refractivity contribution in [3.8, 4) is 0 Å². The molecule has 8 heteroatoms. The minimum atomic E-state index is -3.93. The largest absolute Gasteiger partial charge is 0.396 e. The maximum atomic E-state index is 13.3. The zero-order chi connectivity index (χ0) is 22.3. The lowest BCUT2D eigenvalue weighted by atomic mass is 9.65. The summed E-state index contributed by atoms with van der Waals surface area (Å²) in [5.74, 6) is 0.633. The zero-order valence-electron chi connectivity index (χ0n) is 18.2. The van der Waals surface area contributed by atoms with Gasteiger partial charge in [-0.1, -0.05) is 30.5 Å². The number of halogens is 1. The van der Waals surface area contributed by atoms with E-state index >= 15 is 0 Å². The lowest BCUT2D eigenvalue weighted by Crippen LogP contribution is -2.60. The van der Waals surface area contributed by atoms with Crippen LogP contribution in [0.4, 0.5) is 0 Å². The summed E-state index contributed by atoms with van der Waals surface area (Å²) in [5, 5.41) is 13.4. The van der Waals surface area contributed by atoms with E-state index in [0.29, 0.717) is 22.4 Å². The molecular formula is C22H33ClN2O4S. The standard InChI is InChI=1S/C22H33ClN2O4S/c1-14-18(23)9-6-10-19(14)30(28,29)25(4)22(2,3)21(27)24-20-16-8-5-7-15(11-16)12-17(20)13-26/h6,9-10,15-17,20,26H,5,7-8,11-13H2,1-4H3,(H,24,27). The fourth-order valence-electron chi connectivity index (χ4n) is 5.04. The van der Waals surface area contributed by atoms with Crippen LogP contribution in [0.25, 0.3) is 0 Å². The Morgan fingerprint density at radius 3 is 2.67 bits per heavy atom. The van der Waals surface area contributed by atoms with Crippen LogP contribution < -0.4 is 5.32 Å². The minimum Gasteiger partial charge on any atom is -0.396 e. The maximum Gasteiger partial charge on any atom is 0.244 e. The van der Waals surface area contributed by atoms with E-state index in [1.807, 2.05) is 0 Å². The first-order valence-electron chi connectivity index (χ1n) is 10.7. The first-order chi connectivity index (χ1) is 14.0. The number of benzene rings is 1. The van der Waals surface area contributed by atoms with Crippen LogP contribution in [0.1, 0.15) is 51.5 Å². The second kappa shape index (κ2) is 8.77. The Labute approximate surface area is 185 Å². The van der Waals surface area contributed by atoms with E-state index in [9.17, 15) is 18.3 Å². The molecule has 2 bridgehead atoms. The highest BCUT2D eigenvalue weighted by Gasteiger charge is 2.45. The summed E-state index contributed by atoms with van der Waals surface area (Å²) in [6.45, 7) is 4.91. The third kappa shape index (κ3) is 4.27. The number of hydrogen-bond donors (Lipinski definition) is 2. The van der Waals surface area contributed by atoms with Crippen molar-refractivity contribution in [3.63, 3.8) is 0 Å². The Bertz CT molecular complexity index is 900. The van der Waals surface area contributed by atoms with Gasteiger partial charge in [0.25, 0.3) is 0 Å². The average molecular weight is 457 g/mol. The summed E-state index contributed by atoms with van der Waals surface area (Å²) in [7, 11) is -2.51. The molecular weight excluding hydrogens is 424 g/mol. The molecule has 2 aliphatic carbocycles. The molecule has 1 aromatic rings. The molecule has 0 heterocycles. The van der Waals surface area contributed by atoms with Crippen LogP contribution in [-0.4, -0.2) is 49.0 Å². The molecule has 1 aromatic carbocycles. The van der Waals surface area contributed by atoms with Gasteiger partial charge in [0, 0.05) is 30.6 Å². The quantitative estimate of drug-likeness (QED) is 0.687. The van der Waals surface area contributed by atoms with Gasteiger partial charge in [-0.25, -0.2) is 8.42 Å². The van der Waals surface area contributed by atoms with Gasteiger partial charge in [-0.2, -0.15) is 4.31 Å². The number of likely N-dealkylation sites (N-methyl/N-ethyl adjacent to an activating group) is 1. The molecule has 2 N–H and O–H groups in total. The number of nitrogens with one attached hydrogen (secondary N) is 1. The normalized spacial score (nSPS) is 27.2. The van der Waals surface area contributed by atoms with E-state index in [0.717, 1.165) is 30.0 Å². The lowest BCUT2D eigenvalue weighted by Gasteiger charge is -2.46. The summed E-state index contributed by atoms with van der Waals surface area (Å²) in [5.41, 5.74) is -0.845. The van der Waals surface area contributed by atoms with Crippen LogP contribution in [0.3, 0.4) is 0 Å². The molecule has 0 aromatic heterocycles. The molecule has 168 valence electrons. The molecule has 0 saturated heterocycles. The number of nitrogens with zero attached hydrogens (tertiary/aromatic N) is 1. The van der Waals surface area contributed by atoms with Crippen molar-refractivity contribution in [2.24, 2.45) is 17.8 Å². The topological polar surface area (TPSA) is 86.7 Å². The molecule has 2 fully saturated rings. The van der Waals surface area contributed by atoms with Gasteiger partial charge in [0.1, 0.15) is 5.54 Å². The van der Waals surface area contributed by atoms with Crippen LogP contribution >= 0.6 is 11.6 Å². The molecule has 3 rings (SSSR count). The van der Waals surface area contributed by atoms with Gasteiger partial charge in [0.05, 0.1) is 4.90 Å². The summed E-state index contributed by atoms with van der Waals surface area (Å²) < 4.78 is 27.7. The van der Waals surface area contributed by atoms with Gasteiger partial charge in [0.2, 0.25) is 15.9 Å². The molecule has 2 saturated carbocycles. The van der Waals surface area contributed by atoms with Crippen LogP contribution in [0.2, 0.25) is 5.02 Å². The predicted octanol–water partition coefficient (Wildman–Crippen LogP) is 3.35. The van der Waals surface area contributed by atoms with Crippen LogP contribution in [0, 0.1) is 24.7 Å². The molecule has 4 atom stereocenters. The van der Waals surface area contributed by atoms with Crippen molar-refractivity contribution in [1.82, 2.24) is 9.62 Å². The number of amides is 1. The van der Waals surface area contributed by atoms with Gasteiger partial charge in [0.15, 0.2) is 0 Å². The summed E-state index contributed by atoms with van der Waals surface area (Å²) in [4.78, 5) is 13.4. The zero-order valence-corrected chi connectivity index (χ0v) is 19.8. The molecule has 0 radical (unpaired) electrons. The lowest BCUT2D eigenvalue weighted by molar-refractivity contribution is -0.131. The molecule has 1 amide bonds. The molecule has 6 nitrogen and oxygen atoms in total. The van der Waals surface area contributed by atoms with E-state index < -0.39 is 15.6 Å². The minimum absolute atomic E-state index is 0.0193. The van der Waals surface area contributed by atoms with E-state index in [1.54, 1.807) is 32.9 Å². The number of sulfonamides is 1. The smallest absolute Gasteiger partial charge is 0.244 e. The second-order valence-electron chi connectivity index (χ2n) is 9.36. The molecule has 0 spiro atoms. The number of fused-ring (bicyclic) bond motifs is 2. The number of aliphatic hydroxyl groups excluding tert-OH is 1. The predicted molar refractivity (Wildman–Crippen MR) is 118 cm³/mol. The summed E-state index contributed by atoms with van der Waals surface area (Å²) in [6.07, 6.45) is 5.35. The number of carbonyl (C=O) groups is 1. The first-order valence-corrected chi connectivity index (χ1v) is 12.5. The number of hydrogen-bond acceptors (Lipinski definition) is 4. The molecule has 4 unspecified atom stereocenters. The Morgan fingerprint density at radius 2 is 2.00 bits per heavy atom. The van der Waals surface area contributed by atoms with Gasteiger partial charge in [-0.3, -0.25) is 4.79 Å². The van der Waals surface area contributed by atoms with Crippen molar-refractivity contribution in [2.45, 2.75) is 69.4 Å². The average Bonchev–Trinajstić information content (AvgIpc) is 2.71. The van der Waals surface area contributed by atoms with Gasteiger partial charge < -0.3 is 10.4 Å². The maximum absolute atomic E-state index is 13.3. The molecule has 2 aliphatic rings. The monoisotopic (exact) mass is 456 g/mol. The molecule has 30 heavy (non-hydrogen) atoms.